The maximum absolute atomic E-state index is 12.8. The standard InChI is InChI=1S/C26H30N4O2S/c31-33(32,30-15-7-8-16-30)24-13-14-25(27-21-24)28-17-19-29(20-18-28)26(22-9-3-1-4-10-22)23-11-5-2-6-12-23/h1-6,9-14,21,26H,7-8,15-20H2. The monoisotopic (exact) mass is 462 g/mol. The van der Waals surface area contributed by atoms with Crippen molar-refractivity contribution >= 4 is 15.8 Å². The summed E-state index contributed by atoms with van der Waals surface area (Å²) in [5.41, 5.74) is 2.60. The lowest BCUT2D eigenvalue weighted by molar-refractivity contribution is 0.212. The topological polar surface area (TPSA) is 56.8 Å². The molecule has 2 saturated heterocycles. The summed E-state index contributed by atoms with van der Waals surface area (Å²) in [6.07, 6.45) is 3.38. The second-order valence-electron chi connectivity index (χ2n) is 8.71. The summed E-state index contributed by atoms with van der Waals surface area (Å²) in [5.74, 6) is 0.839. The molecule has 0 spiro atoms. The Balaban J connectivity index is 1.29. The first kappa shape index (κ1) is 22.1. The van der Waals surface area contributed by atoms with Gasteiger partial charge in [-0.1, -0.05) is 60.7 Å². The fourth-order valence-electron chi connectivity index (χ4n) is 4.88. The highest BCUT2D eigenvalue weighted by molar-refractivity contribution is 7.89. The van der Waals surface area contributed by atoms with Gasteiger partial charge in [-0.3, -0.25) is 4.90 Å². The average molecular weight is 463 g/mol. The van der Waals surface area contributed by atoms with E-state index in [2.05, 4.69) is 75.4 Å². The van der Waals surface area contributed by atoms with Gasteiger partial charge >= 0.3 is 0 Å². The molecule has 0 N–H and O–H groups in total. The predicted molar refractivity (Wildman–Crippen MR) is 131 cm³/mol. The molecule has 0 amide bonds. The zero-order valence-electron chi connectivity index (χ0n) is 18.8. The van der Waals surface area contributed by atoms with Crippen LogP contribution in [-0.2, 0) is 10.0 Å². The van der Waals surface area contributed by atoms with Crippen LogP contribution in [0.1, 0.15) is 30.0 Å². The van der Waals surface area contributed by atoms with Gasteiger partial charge in [0.25, 0.3) is 0 Å². The predicted octanol–water partition coefficient (Wildman–Crippen LogP) is 3.78. The Morgan fingerprint density at radius 1 is 0.697 bits per heavy atom. The molecule has 3 aromatic rings. The Labute approximate surface area is 196 Å². The van der Waals surface area contributed by atoms with E-state index in [0.717, 1.165) is 44.8 Å². The van der Waals surface area contributed by atoms with Gasteiger partial charge in [0.1, 0.15) is 10.7 Å². The number of nitrogens with zero attached hydrogens (tertiary/aromatic N) is 4. The lowest BCUT2D eigenvalue weighted by Gasteiger charge is -2.40. The number of pyridine rings is 1. The van der Waals surface area contributed by atoms with E-state index < -0.39 is 10.0 Å². The van der Waals surface area contributed by atoms with Crippen molar-refractivity contribution < 1.29 is 8.42 Å². The Morgan fingerprint density at radius 3 is 1.79 bits per heavy atom. The van der Waals surface area contributed by atoms with E-state index in [1.165, 1.54) is 17.3 Å². The largest absolute Gasteiger partial charge is 0.354 e. The van der Waals surface area contributed by atoms with Crippen molar-refractivity contribution in [3.63, 3.8) is 0 Å². The smallest absolute Gasteiger partial charge is 0.244 e. The van der Waals surface area contributed by atoms with Crippen LogP contribution in [0.5, 0.6) is 0 Å². The summed E-state index contributed by atoms with van der Waals surface area (Å²) in [6.45, 7) is 4.72. The van der Waals surface area contributed by atoms with Gasteiger partial charge in [-0.25, -0.2) is 13.4 Å². The maximum Gasteiger partial charge on any atom is 0.244 e. The SMILES string of the molecule is O=S(=O)(c1ccc(N2CCN(C(c3ccccc3)c3ccccc3)CC2)nc1)N1CCCC1. The van der Waals surface area contributed by atoms with E-state index in [9.17, 15) is 8.42 Å². The Morgan fingerprint density at radius 2 is 1.27 bits per heavy atom. The quantitative estimate of drug-likeness (QED) is 0.558. The van der Waals surface area contributed by atoms with Gasteiger partial charge < -0.3 is 4.90 Å². The first-order valence-corrected chi connectivity index (χ1v) is 13.1. The molecule has 0 atom stereocenters. The third kappa shape index (κ3) is 4.67. The van der Waals surface area contributed by atoms with Crippen molar-refractivity contribution in [1.82, 2.24) is 14.2 Å². The zero-order valence-corrected chi connectivity index (χ0v) is 19.6. The van der Waals surface area contributed by atoms with Crippen LogP contribution in [0.25, 0.3) is 0 Å². The summed E-state index contributed by atoms with van der Waals surface area (Å²) >= 11 is 0. The molecule has 0 saturated carbocycles. The second kappa shape index (κ2) is 9.63. The number of hydrogen-bond acceptors (Lipinski definition) is 5. The van der Waals surface area contributed by atoms with Crippen molar-refractivity contribution in [2.24, 2.45) is 0 Å². The van der Waals surface area contributed by atoms with Gasteiger partial charge in [-0.05, 0) is 36.1 Å². The molecule has 0 aliphatic carbocycles. The van der Waals surface area contributed by atoms with Crippen LogP contribution in [0.15, 0.2) is 83.9 Å². The van der Waals surface area contributed by atoms with E-state index in [4.69, 9.17) is 0 Å². The van der Waals surface area contributed by atoms with Crippen LogP contribution in [0.3, 0.4) is 0 Å². The molecule has 5 rings (SSSR count). The van der Waals surface area contributed by atoms with Crippen molar-refractivity contribution in [3.05, 3.63) is 90.1 Å². The van der Waals surface area contributed by atoms with Crippen LogP contribution >= 0.6 is 0 Å². The number of rotatable bonds is 6. The lowest BCUT2D eigenvalue weighted by Crippen LogP contribution is -2.48. The summed E-state index contributed by atoms with van der Waals surface area (Å²) in [7, 11) is -3.42. The third-order valence-electron chi connectivity index (χ3n) is 6.66. The molecule has 33 heavy (non-hydrogen) atoms. The molecule has 1 aromatic heterocycles. The molecule has 172 valence electrons. The minimum Gasteiger partial charge on any atom is -0.354 e. The molecule has 2 aromatic carbocycles. The zero-order chi connectivity index (χ0) is 22.7. The van der Waals surface area contributed by atoms with Gasteiger partial charge in [0.05, 0.1) is 6.04 Å². The van der Waals surface area contributed by atoms with Crippen molar-refractivity contribution in [2.75, 3.05) is 44.2 Å². The van der Waals surface area contributed by atoms with Crippen LogP contribution < -0.4 is 4.90 Å². The molecule has 0 unspecified atom stereocenters. The number of hydrogen-bond donors (Lipinski definition) is 0. The lowest BCUT2D eigenvalue weighted by atomic mass is 9.96. The summed E-state index contributed by atoms with van der Waals surface area (Å²) in [4.78, 5) is 9.59. The number of sulfonamides is 1. The van der Waals surface area contributed by atoms with Gasteiger partial charge in [0, 0.05) is 45.5 Å². The highest BCUT2D eigenvalue weighted by Crippen LogP contribution is 2.30. The summed E-state index contributed by atoms with van der Waals surface area (Å²) < 4.78 is 27.1. The van der Waals surface area contributed by atoms with E-state index in [1.54, 1.807) is 10.4 Å². The molecule has 0 bridgehead atoms. The van der Waals surface area contributed by atoms with Gasteiger partial charge in [-0.15, -0.1) is 0 Å². The first-order chi connectivity index (χ1) is 16.1. The maximum atomic E-state index is 12.8. The van der Waals surface area contributed by atoms with Crippen LogP contribution in [0.4, 0.5) is 5.82 Å². The van der Waals surface area contributed by atoms with Crippen molar-refractivity contribution in [1.29, 1.82) is 0 Å². The molecule has 2 aliphatic heterocycles. The second-order valence-corrected chi connectivity index (χ2v) is 10.6. The molecule has 6 nitrogen and oxygen atoms in total. The van der Waals surface area contributed by atoms with Crippen LogP contribution in [0, 0.1) is 0 Å². The van der Waals surface area contributed by atoms with E-state index >= 15 is 0 Å². The molecule has 2 aliphatic rings. The van der Waals surface area contributed by atoms with E-state index in [-0.39, 0.29) is 6.04 Å². The highest BCUT2D eigenvalue weighted by Gasteiger charge is 2.29. The molecular formula is C26H30N4O2S. The van der Waals surface area contributed by atoms with Gasteiger partial charge in [0.2, 0.25) is 10.0 Å². The summed E-state index contributed by atoms with van der Waals surface area (Å²) in [5, 5.41) is 0. The molecule has 0 radical (unpaired) electrons. The average Bonchev–Trinajstić information content (AvgIpc) is 3.42. The fourth-order valence-corrected chi connectivity index (χ4v) is 6.35. The number of piperazine rings is 1. The van der Waals surface area contributed by atoms with Crippen LogP contribution in [0.2, 0.25) is 0 Å². The fraction of sp³-hybridized carbons (Fsp3) is 0.346. The van der Waals surface area contributed by atoms with Crippen molar-refractivity contribution in [2.45, 2.75) is 23.8 Å². The Bertz CT molecular complexity index is 1100. The van der Waals surface area contributed by atoms with Crippen molar-refractivity contribution in [3.8, 4) is 0 Å². The van der Waals surface area contributed by atoms with Gasteiger partial charge in [0.15, 0.2) is 0 Å². The number of aromatic nitrogens is 1. The number of benzene rings is 2. The van der Waals surface area contributed by atoms with Gasteiger partial charge in [-0.2, -0.15) is 4.31 Å². The third-order valence-corrected chi connectivity index (χ3v) is 8.54. The minimum atomic E-state index is -3.42. The number of anilines is 1. The summed E-state index contributed by atoms with van der Waals surface area (Å²) in [6, 6.07) is 25.1. The van der Waals surface area contributed by atoms with E-state index in [0.29, 0.717) is 18.0 Å². The minimum absolute atomic E-state index is 0.218. The highest BCUT2D eigenvalue weighted by atomic mass is 32.2. The Hall–Kier alpha value is -2.74. The van der Waals surface area contributed by atoms with Crippen LogP contribution in [-0.4, -0.2) is 61.9 Å². The Kier molecular flexibility index (Phi) is 6.44. The van der Waals surface area contributed by atoms with E-state index in [1.807, 2.05) is 6.07 Å². The molecule has 7 heteroatoms. The first-order valence-electron chi connectivity index (χ1n) is 11.7. The molecule has 3 heterocycles. The molecule has 2 fully saturated rings. The molecular weight excluding hydrogens is 432 g/mol. The normalized spacial score (nSPS) is 18.2.